The fraction of sp³-hybridized carbons (Fsp3) is 0.929. The molecule has 0 aromatic carbocycles. The molecule has 0 spiro atoms. The van der Waals surface area contributed by atoms with E-state index in [1.165, 1.54) is 38.9 Å². The highest BCUT2D eigenvalue weighted by molar-refractivity contribution is 5.78. The molecular weight excluding hydrogens is 248 g/mol. The lowest BCUT2D eigenvalue weighted by molar-refractivity contribution is -0.896. The molecule has 0 unspecified atom stereocenters. The van der Waals surface area contributed by atoms with Crippen LogP contribution >= 0.6 is 0 Å². The first kappa shape index (κ1) is 17.7. The van der Waals surface area contributed by atoms with Crippen molar-refractivity contribution in [2.45, 2.75) is 52.4 Å². The van der Waals surface area contributed by atoms with Gasteiger partial charge in [0.05, 0.1) is 19.6 Å². The van der Waals surface area contributed by atoms with Gasteiger partial charge in [0.1, 0.15) is 0 Å². The molecule has 1 aliphatic rings. The predicted octanol–water partition coefficient (Wildman–Crippen LogP) is -2.00. The summed E-state index contributed by atoms with van der Waals surface area (Å²) < 4.78 is 0. The number of carbonyl (C=O) groups excluding carboxylic acids is 1. The number of carbonyl (C=O) groups is 1. The zero-order valence-electron chi connectivity index (χ0n) is 11.9. The maximum absolute atomic E-state index is 11.9. The van der Waals surface area contributed by atoms with Crippen molar-refractivity contribution in [3.63, 3.8) is 0 Å². The number of hydrogen-bond donors (Lipinski definition) is 2. The number of halogens is 1. The van der Waals surface area contributed by atoms with Gasteiger partial charge in [-0.2, -0.15) is 0 Å². The van der Waals surface area contributed by atoms with Crippen molar-refractivity contribution in [3.8, 4) is 0 Å². The van der Waals surface area contributed by atoms with Crippen LogP contribution in [0.4, 0.5) is 0 Å². The summed E-state index contributed by atoms with van der Waals surface area (Å²) in [6.45, 7) is 8.86. The average molecular weight is 277 g/mol. The Labute approximate surface area is 118 Å². The summed E-state index contributed by atoms with van der Waals surface area (Å²) in [4.78, 5) is 13.5. The van der Waals surface area contributed by atoms with Crippen LogP contribution < -0.4 is 22.6 Å². The van der Waals surface area contributed by atoms with Crippen LogP contribution in [0.25, 0.3) is 0 Å². The zero-order chi connectivity index (χ0) is 12.5. The van der Waals surface area contributed by atoms with Crippen molar-refractivity contribution in [1.82, 2.24) is 5.32 Å². The summed E-state index contributed by atoms with van der Waals surface area (Å²) in [6, 6.07) is 0. The monoisotopic (exact) mass is 276 g/mol. The summed E-state index contributed by atoms with van der Waals surface area (Å²) in [5.41, 5.74) is 0. The summed E-state index contributed by atoms with van der Waals surface area (Å²) in [7, 11) is 0. The second kappa shape index (κ2) is 10.6. The van der Waals surface area contributed by atoms with E-state index in [9.17, 15) is 4.79 Å². The van der Waals surface area contributed by atoms with Gasteiger partial charge in [0.15, 0.2) is 0 Å². The first-order chi connectivity index (χ1) is 8.27. The van der Waals surface area contributed by atoms with Crippen LogP contribution in [0.2, 0.25) is 0 Å². The van der Waals surface area contributed by atoms with Gasteiger partial charge in [-0.15, -0.1) is 0 Å². The first-order valence-corrected chi connectivity index (χ1v) is 7.39. The molecule has 4 heteroatoms. The quantitative estimate of drug-likeness (QED) is 0.519. The fourth-order valence-corrected chi connectivity index (χ4v) is 2.66. The Kier molecular flexibility index (Phi) is 10.5. The fourth-order valence-electron chi connectivity index (χ4n) is 2.66. The Hall–Kier alpha value is -0.280. The van der Waals surface area contributed by atoms with Gasteiger partial charge in [0.2, 0.25) is 5.91 Å². The van der Waals surface area contributed by atoms with Gasteiger partial charge < -0.3 is 22.6 Å². The van der Waals surface area contributed by atoms with Gasteiger partial charge in [-0.05, 0) is 26.7 Å². The van der Waals surface area contributed by atoms with E-state index in [-0.39, 0.29) is 12.4 Å². The molecule has 2 N–H and O–H groups in total. The summed E-state index contributed by atoms with van der Waals surface area (Å²) in [5.74, 6) is 0.615. The smallest absolute Gasteiger partial charge is 0.223 e. The third-order valence-electron chi connectivity index (χ3n) is 3.98. The van der Waals surface area contributed by atoms with Crippen LogP contribution in [0.5, 0.6) is 0 Å². The van der Waals surface area contributed by atoms with E-state index >= 15 is 0 Å². The highest BCUT2D eigenvalue weighted by Crippen LogP contribution is 2.23. The van der Waals surface area contributed by atoms with E-state index < -0.39 is 0 Å². The molecule has 0 atom stereocenters. The minimum atomic E-state index is 0. The topological polar surface area (TPSA) is 33.5 Å². The maximum Gasteiger partial charge on any atom is 0.223 e. The Balaban J connectivity index is 0.00000289. The van der Waals surface area contributed by atoms with Gasteiger partial charge in [-0.3, -0.25) is 4.79 Å². The number of hydrogen-bond acceptors (Lipinski definition) is 1. The molecule has 3 nitrogen and oxygen atoms in total. The van der Waals surface area contributed by atoms with Crippen LogP contribution in [0.1, 0.15) is 52.4 Å². The number of quaternary nitrogens is 1. The second-order valence-electron chi connectivity index (χ2n) is 5.19. The van der Waals surface area contributed by atoms with Crippen LogP contribution in [0.15, 0.2) is 0 Å². The molecule has 1 saturated carbocycles. The average Bonchev–Trinajstić information content (AvgIpc) is 2.40. The Bertz CT molecular complexity index is 214. The molecule has 108 valence electrons. The lowest BCUT2D eigenvalue weighted by atomic mass is 9.89. The van der Waals surface area contributed by atoms with Crippen molar-refractivity contribution in [3.05, 3.63) is 0 Å². The number of rotatable bonds is 7. The van der Waals surface area contributed by atoms with Gasteiger partial charge in [-0.1, -0.05) is 19.3 Å². The summed E-state index contributed by atoms with van der Waals surface area (Å²) in [5, 5.41) is 3.10. The molecule has 18 heavy (non-hydrogen) atoms. The maximum atomic E-state index is 11.9. The lowest BCUT2D eigenvalue weighted by Gasteiger charge is -2.21. The number of amides is 1. The SMILES string of the molecule is CC[NH+](CC)CCCNC(=O)C1CCCCC1.[Cl-]. The van der Waals surface area contributed by atoms with Crippen LogP contribution in [0, 0.1) is 5.92 Å². The molecule has 1 rings (SSSR count). The van der Waals surface area contributed by atoms with E-state index in [0.29, 0.717) is 11.8 Å². The van der Waals surface area contributed by atoms with Gasteiger partial charge in [-0.25, -0.2) is 0 Å². The number of nitrogens with one attached hydrogen (secondary N) is 2. The van der Waals surface area contributed by atoms with Gasteiger partial charge >= 0.3 is 0 Å². The molecule has 0 saturated heterocycles. The van der Waals surface area contributed by atoms with E-state index in [4.69, 9.17) is 0 Å². The molecule has 1 fully saturated rings. The minimum absolute atomic E-state index is 0. The van der Waals surface area contributed by atoms with Crippen molar-refractivity contribution < 1.29 is 22.1 Å². The standard InChI is InChI=1S/C14H28N2O.ClH/c1-3-16(4-2)12-8-11-15-14(17)13-9-6-5-7-10-13;/h13H,3-12H2,1-2H3,(H,15,17);1H. The minimum Gasteiger partial charge on any atom is -1.00 e. The summed E-state index contributed by atoms with van der Waals surface area (Å²) >= 11 is 0. The first-order valence-electron chi connectivity index (χ1n) is 7.39. The second-order valence-corrected chi connectivity index (χ2v) is 5.19. The summed E-state index contributed by atoms with van der Waals surface area (Å²) in [6.07, 6.45) is 7.11. The van der Waals surface area contributed by atoms with Crippen molar-refractivity contribution in [1.29, 1.82) is 0 Å². The third kappa shape index (κ3) is 6.60. The molecule has 0 bridgehead atoms. The molecule has 0 aromatic rings. The van der Waals surface area contributed by atoms with Crippen LogP contribution in [-0.2, 0) is 4.79 Å². The Morgan fingerprint density at radius 1 is 1.17 bits per heavy atom. The molecular formula is C14H29ClN2O. The third-order valence-corrected chi connectivity index (χ3v) is 3.98. The lowest BCUT2D eigenvalue weighted by Crippen LogP contribution is -3.11. The molecule has 0 heterocycles. The van der Waals surface area contributed by atoms with E-state index in [1.54, 1.807) is 4.90 Å². The highest BCUT2D eigenvalue weighted by Gasteiger charge is 2.20. The normalized spacial score (nSPS) is 16.4. The van der Waals surface area contributed by atoms with Crippen molar-refractivity contribution >= 4 is 5.91 Å². The van der Waals surface area contributed by atoms with E-state index in [0.717, 1.165) is 25.8 Å². The highest BCUT2D eigenvalue weighted by atomic mass is 35.5. The van der Waals surface area contributed by atoms with E-state index in [1.807, 2.05) is 0 Å². The molecule has 0 aliphatic heterocycles. The zero-order valence-corrected chi connectivity index (χ0v) is 12.7. The molecule has 0 aromatic heterocycles. The Morgan fingerprint density at radius 2 is 1.78 bits per heavy atom. The Morgan fingerprint density at radius 3 is 2.33 bits per heavy atom. The van der Waals surface area contributed by atoms with Crippen molar-refractivity contribution in [2.75, 3.05) is 26.2 Å². The van der Waals surface area contributed by atoms with Gasteiger partial charge in [0, 0.05) is 18.9 Å². The van der Waals surface area contributed by atoms with Crippen LogP contribution in [-0.4, -0.2) is 32.1 Å². The molecule has 1 amide bonds. The molecule has 1 aliphatic carbocycles. The van der Waals surface area contributed by atoms with Gasteiger partial charge in [0.25, 0.3) is 0 Å². The van der Waals surface area contributed by atoms with E-state index in [2.05, 4.69) is 19.2 Å². The van der Waals surface area contributed by atoms with Crippen molar-refractivity contribution in [2.24, 2.45) is 5.92 Å². The predicted molar refractivity (Wildman–Crippen MR) is 71.1 cm³/mol. The van der Waals surface area contributed by atoms with Crippen LogP contribution in [0.3, 0.4) is 0 Å². The molecule has 0 radical (unpaired) electrons. The largest absolute Gasteiger partial charge is 1.00 e.